The molecular weight excluding hydrogens is 378 g/mol. The van der Waals surface area contributed by atoms with Gasteiger partial charge in [0.25, 0.3) is 0 Å². The highest BCUT2D eigenvalue weighted by Gasteiger charge is 2.04. The van der Waals surface area contributed by atoms with Crippen LogP contribution in [-0.4, -0.2) is 24.7 Å². The van der Waals surface area contributed by atoms with Crippen LogP contribution in [0.1, 0.15) is 0 Å². The van der Waals surface area contributed by atoms with Gasteiger partial charge in [0.1, 0.15) is 0 Å². The van der Waals surface area contributed by atoms with Crippen molar-refractivity contribution in [1.29, 1.82) is 0 Å². The molecule has 0 radical (unpaired) electrons. The summed E-state index contributed by atoms with van der Waals surface area (Å²) in [7, 11) is 1.55. The summed E-state index contributed by atoms with van der Waals surface area (Å²) in [6.07, 6.45) is 0. The number of rotatable bonds is 5. The maximum atomic E-state index is 11.9. The zero-order chi connectivity index (χ0) is 16.7. The molecule has 2 aromatic rings. The molecular formula is C16H16BrN3O2S. The van der Waals surface area contributed by atoms with E-state index in [1.807, 2.05) is 24.3 Å². The van der Waals surface area contributed by atoms with Gasteiger partial charge in [-0.1, -0.05) is 15.9 Å². The number of anilines is 2. The van der Waals surface area contributed by atoms with Gasteiger partial charge in [0.15, 0.2) is 0 Å². The fraction of sp³-hybridized carbons (Fsp3) is 0.125. The van der Waals surface area contributed by atoms with Crippen LogP contribution < -0.4 is 16.0 Å². The predicted octanol–water partition coefficient (Wildman–Crippen LogP) is 3.93. The van der Waals surface area contributed by atoms with E-state index in [2.05, 4.69) is 31.9 Å². The first kappa shape index (κ1) is 17.4. The molecule has 0 bridgehead atoms. The third-order valence-corrected chi connectivity index (χ3v) is 4.38. The van der Waals surface area contributed by atoms with Crippen molar-refractivity contribution >= 4 is 51.0 Å². The number of benzene rings is 2. The van der Waals surface area contributed by atoms with Gasteiger partial charge >= 0.3 is 6.03 Å². The second-order valence-electron chi connectivity index (χ2n) is 4.57. The summed E-state index contributed by atoms with van der Waals surface area (Å²) in [4.78, 5) is 24.2. The number of hydrogen-bond acceptors (Lipinski definition) is 3. The standard InChI is InChI=1S/C16H16BrN3O2S/c1-18-16(22)20-13-6-4-12(5-7-13)19-15(21)10-23-14-8-2-11(17)3-9-14/h2-9H,10H2,1H3,(H,19,21)(H2,18,20,22). The minimum Gasteiger partial charge on any atom is -0.341 e. The Labute approximate surface area is 147 Å². The van der Waals surface area contributed by atoms with E-state index in [0.29, 0.717) is 17.1 Å². The number of carbonyl (C=O) groups excluding carboxylic acids is 2. The highest BCUT2D eigenvalue weighted by atomic mass is 79.9. The van der Waals surface area contributed by atoms with Crippen molar-refractivity contribution in [3.05, 3.63) is 53.0 Å². The van der Waals surface area contributed by atoms with Gasteiger partial charge in [0.2, 0.25) is 5.91 Å². The Hall–Kier alpha value is -1.99. The van der Waals surface area contributed by atoms with Crippen molar-refractivity contribution in [3.8, 4) is 0 Å². The van der Waals surface area contributed by atoms with Gasteiger partial charge in [-0.15, -0.1) is 11.8 Å². The average molecular weight is 394 g/mol. The van der Waals surface area contributed by atoms with E-state index < -0.39 is 0 Å². The molecule has 0 unspecified atom stereocenters. The molecule has 23 heavy (non-hydrogen) atoms. The van der Waals surface area contributed by atoms with Crippen LogP contribution in [0.25, 0.3) is 0 Å². The van der Waals surface area contributed by atoms with Crippen molar-refractivity contribution in [1.82, 2.24) is 5.32 Å². The highest BCUT2D eigenvalue weighted by Crippen LogP contribution is 2.21. The molecule has 0 spiro atoms. The fourth-order valence-corrected chi connectivity index (χ4v) is 2.67. The lowest BCUT2D eigenvalue weighted by molar-refractivity contribution is -0.113. The number of halogens is 1. The topological polar surface area (TPSA) is 70.2 Å². The number of nitrogens with one attached hydrogen (secondary N) is 3. The Bertz CT molecular complexity index is 675. The number of amides is 3. The van der Waals surface area contributed by atoms with Gasteiger partial charge in [-0.2, -0.15) is 0 Å². The van der Waals surface area contributed by atoms with Crippen molar-refractivity contribution in [2.24, 2.45) is 0 Å². The zero-order valence-electron chi connectivity index (χ0n) is 12.4. The molecule has 2 aromatic carbocycles. The quantitative estimate of drug-likeness (QED) is 0.673. The number of hydrogen-bond donors (Lipinski definition) is 3. The van der Waals surface area contributed by atoms with Crippen molar-refractivity contribution < 1.29 is 9.59 Å². The van der Waals surface area contributed by atoms with E-state index in [9.17, 15) is 9.59 Å². The van der Waals surface area contributed by atoms with Crippen LogP contribution in [-0.2, 0) is 4.79 Å². The SMILES string of the molecule is CNC(=O)Nc1ccc(NC(=O)CSc2ccc(Br)cc2)cc1. The number of carbonyl (C=O) groups is 2. The Morgan fingerprint density at radius 3 is 2.09 bits per heavy atom. The first-order chi connectivity index (χ1) is 11.1. The van der Waals surface area contributed by atoms with E-state index in [4.69, 9.17) is 0 Å². The Morgan fingerprint density at radius 1 is 0.957 bits per heavy atom. The molecule has 0 saturated carbocycles. The molecule has 3 N–H and O–H groups in total. The van der Waals surface area contributed by atoms with E-state index in [0.717, 1.165) is 9.37 Å². The summed E-state index contributed by atoms with van der Waals surface area (Å²) < 4.78 is 1.01. The molecule has 5 nitrogen and oxygen atoms in total. The smallest absolute Gasteiger partial charge is 0.318 e. The van der Waals surface area contributed by atoms with Gasteiger partial charge < -0.3 is 16.0 Å². The van der Waals surface area contributed by atoms with Crippen LogP contribution >= 0.6 is 27.7 Å². The molecule has 2 rings (SSSR count). The molecule has 0 heterocycles. The lowest BCUT2D eigenvalue weighted by Crippen LogP contribution is -2.24. The lowest BCUT2D eigenvalue weighted by Gasteiger charge is -2.07. The largest absolute Gasteiger partial charge is 0.341 e. The van der Waals surface area contributed by atoms with Crippen LogP contribution in [0.15, 0.2) is 57.9 Å². The van der Waals surface area contributed by atoms with Crippen molar-refractivity contribution in [2.45, 2.75) is 4.90 Å². The minimum atomic E-state index is -0.285. The van der Waals surface area contributed by atoms with Crippen LogP contribution in [0.5, 0.6) is 0 Å². The number of urea groups is 1. The normalized spacial score (nSPS) is 10.0. The fourth-order valence-electron chi connectivity index (χ4n) is 1.71. The highest BCUT2D eigenvalue weighted by molar-refractivity contribution is 9.10. The average Bonchev–Trinajstić information content (AvgIpc) is 2.56. The first-order valence-corrected chi connectivity index (χ1v) is 8.61. The van der Waals surface area contributed by atoms with Crippen molar-refractivity contribution in [3.63, 3.8) is 0 Å². The van der Waals surface area contributed by atoms with Gasteiger partial charge in [-0.25, -0.2) is 4.79 Å². The lowest BCUT2D eigenvalue weighted by atomic mass is 10.3. The summed E-state index contributed by atoms with van der Waals surface area (Å²) in [5.74, 6) is 0.254. The maximum Gasteiger partial charge on any atom is 0.318 e. The van der Waals surface area contributed by atoms with E-state index >= 15 is 0 Å². The third-order valence-electron chi connectivity index (χ3n) is 2.84. The van der Waals surface area contributed by atoms with Gasteiger partial charge in [0.05, 0.1) is 5.75 Å². The molecule has 7 heteroatoms. The summed E-state index contributed by atoms with van der Waals surface area (Å²) in [5.41, 5.74) is 1.35. The van der Waals surface area contributed by atoms with Crippen LogP contribution in [0, 0.1) is 0 Å². The summed E-state index contributed by atoms with van der Waals surface area (Å²) in [6.45, 7) is 0. The number of thioether (sulfide) groups is 1. The molecule has 0 aromatic heterocycles. The zero-order valence-corrected chi connectivity index (χ0v) is 14.8. The molecule has 3 amide bonds. The van der Waals surface area contributed by atoms with Crippen LogP contribution in [0.2, 0.25) is 0 Å². The molecule has 0 aliphatic heterocycles. The second kappa shape index (κ2) is 8.59. The van der Waals surface area contributed by atoms with Gasteiger partial charge in [-0.05, 0) is 48.5 Å². The van der Waals surface area contributed by atoms with E-state index in [1.54, 1.807) is 31.3 Å². The summed E-state index contributed by atoms with van der Waals surface area (Å²) in [5, 5.41) is 7.94. The van der Waals surface area contributed by atoms with E-state index in [-0.39, 0.29) is 11.9 Å². The van der Waals surface area contributed by atoms with E-state index in [1.165, 1.54) is 11.8 Å². The van der Waals surface area contributed by atoms with Crippen LogP contribution in [0.4, 0.5) is 16.2 Å². The predicted molar refractivity (Wildman–Crippen MR) is 98.0 cm³/mol. The van der Waals surface area contributed by atoms with Crippen LogP contribution in [0.3, 0.4) is 0 Å². The molecule has 0 aliphatic carbocycles. The van der Waals surface area contributed by atoms with Gasteiger partial charge in [0, 0.05) is 27.8 Å². The second-order valence-corrected chi connectivity index (χ2v) is 6.54. The molecule has 120 valence electrons. The Kier molecular flexibility index (Phi) is 6.49. The molecule has 0 atom stereocenters. The Balaban J connectivity index is 1.82. The molecule has 0 aliphatic rings. The van der Waals surface area contributed by atoms with Crippen molar-refractivity contribution in [2.75, 3.05) is 23.4 Å². The monoisotopic (exact) mass is 393 g/mol. The minimum absolute atomic E-state index is 0.0788. The Morgan fingerprint density at radius 2 is 1.52 bits per heavy atom. The summed E-state index contributed by atoms with van der Waals surface area (Å²) >= 11 is 4.85. The molecule has 0 fully saturated rings. The first-order valence-electron chi connectivity index (χ1n) is 6.84. The van der Waals surface area contributed by atoms with Gasteiger partial charge in [-0.3, -0.25) is 4.79 Å². The third kappa shape index (κ3) is 5.96. The molecule has 0 saturated heterocycles. The maximum absolute atomic E-state index is 11.9. The summed E-state index contributed by atoms with van der Waals surface area (Å²) in [6, 6.07) is 14.5.